The highest BCUT2D eigenvalue weighted by Gasteiger charge is 2.35. The Morgan fingerprint density at radius 1 is 0.500 bits per heavy atom. The molecule has 4 aromatic carbocycles. The molecule has 0 spiro atoms. The molecular weight excluding hydrogens is 482 g/mol. The minimum Gasteiger partial charge on any atom is -0.310 e. The van der Waals surface area contributed by atoms with Crippen molar-refractivity contribution in [3.63, 3.8) is 0 Å². The van der Waals surface area contributed by atoms with Crippen LogP contribution in [0.1, 0.15) is 112 Å². The molecule has 4 aromatic rings. The topological polar surface area (TPSA) is 3.24 Å². The van der Waals surface area contributed by atoms with E-state index in [2.05, 4.69) is 110 Å². The lowest BCUT2D eigenvalue weighted by Gasteiger charge is -2.29. The van der Waals surface area contributed by atoms with E-state index in [9.17, 15) is 0 Å². The molecule has 1 heteroatoms. The van der Waals surface area contributed by atoms with Gasteiger partial charge in [-0.25, -0.2) is 0 Å². The minimum atomic E-state index is 0.0264. The summed E-state index contributed by atoms with van der Waals surface area (Å²) in [7, 11) is 0. The van der Waals surface area contributed by atoms with Crippen LogP contribution in [0.3, 0.4) is 0 Å². The first-order valence-corrected chi connectivity index (χ1v) is 15.8. The smallest absolute Gasteiger partial charge is 0.0468 e. The van der Waals surface area contributed by atoms with Crippen LogP contribution in [-0.4, -0.2) is 0 Å². The molecule has 204 valence electrons. The molecule has 1 nitrogen and oxygen atoms in total. The highest BCUT2D eigenvalue weighted by Crippen LogP contribution is 2.50. The number of nitrogens with zero attached hydrogens (tertiary/aromatic N) is 1. The van der Waals surface area contributed by atoms with Gasteiger partial charge in [-0.3, -0.25) is 0 Å². The van der Waals surface area contributed by atoms with Crippen LogP contribution in [0, 0.1) is 0 Å². The van der Waals surface area contributed by atoms with E-state index < -0.39 is 0 Å². The summed E-state index contributed by atoms with van der Waals surface area (Å²) < 4.78 is 0. The van der Waals surface area contributed by atoms with E-state index in [0.29, 0.717) is 0 Å². The summed E-state index contributed by atoms with van der Waals surface area (Å²) >= 11 is 0. The first-order valence-electron chi connectivity index (χ1n) is 15.8. The third-order valence-corrected chi connectivity index (χ3v) is 10.3. The number of hydrogen-bond acceptors (Lipinski definition) is 1. The second-order valence-electron chi connectivity index (χ2n) is 13.1. The highest BCUT2D eigenvalue weighted by molar-refractivity contribution is 5.86. The molecule has 3 aliphatic rings. The molecule has 40 heavy (non-hydrogen) atoms. The zero-order valence-electron chi connectivity index (χ0n) is 24.3. The van der Waals surface area contributed by atoms with Gasteiger partial charge in [0.05, 0.1) is 0 Å². The van der Waals surface area contributed by atoms with E-state index in [1.165, 1.54) is 115 Å². The molecule has 0 saturated heterocycles. The average Bonchev–Trinajstić information content (AvgIpc) is 3.25. The van der Waals surface area contributed by atoms with Gasteiger partial charge in [-0.05, 0) is 107 Å². The maximum absolute atomic E-state index is 2.48. The van der Waals surface area contributed by atoms with Crippen molar-refractivity contribution < 1.29 is 0 Å². The average molecular weight is 526 g/mol. The molecule has 2 saturated carbocycles. The summed E-state index contributed by atoms with van der Waals surface area (Å²) in [6.07, 6.45) is 13.7. The third-order valence-electron chi connectivity index (χ3n) is 10.3. The van der Waals surface area contributed by atoms with Crippen LogP contribution in [0.25, 0.3) is 11.1 Å². The maximum Gasteiger partial charge on any atom is 0.0468 e. The number of benzene rings is 4. The Morgan fingerprint density at radius 2 is 0.975 bits per heavy atom. The number of hydrogen-bond donors (Lipinski definition) is 0. The van der Waals surface area contributed by atoms with E-state index in [1.54, 1.807) is 0 Å². The van der Waals surface area contributed by atoms with Crippen LogP contribution < -0.4 is 4.90 Å². The summed E-state index contributed by atoms with van der Waals surface area (Å²) in [6.45, 7) is 4.73. The summed E-state index contributed by atoms with van der Waals surface area (Å²) in [5.41, 5.74) is 12.4. The van der Waals surface area contributed by atoms with Gasteiger partial charge in [0.2, 0.25) is 0 Å². The Bertz CT molecular complexity index is 1400. The number of anilines is 3. The van der Waals surface area contributed by atoms with Gasteiger partial charge >= 0.3 is 0 Å². The summed E-state index contributed by atoms with van der Waals surface area (Å²) in [6, 6.07) is 35.2. The fraction of sp³-hybridized carbons (Fsp3) is 0.385. The summed E-state index contributed by atoms with van der Waals surface area (Å²) in [4.78, 5) is 2.48. The lowest BCUT2D eigenvalue weighted by atomic mass is 9.82. The molecule has 2 fully saturated rings. The molecule has 7 rings (SSSR count). The van der Waals surface area contributed by atoms with E-state index in [0.717, 1.165) is 11.8 Å². The Hall–Kier alpha value is -3.32. The van der Waals surface area contributed by atoms with Gasteiger partial charge in [-0.2, -0.15) is 0 Å². The Balaban J connectivity index is 1.29. The standard InChI is InChI=1S/C39H43N/c1-39(2)37-16-10-9-15-35(37)36-27-34(25-26-38(36)39)40(32-21-17-30(18-22-32)28-11-5-3-6-12-28)33-23-19-31(20-24-33)29-13-7-4-8-14-29/h9-10,15-29H,3-8,11-14H2,1-2H3. The van der Waals surface area contributed by atoms with Crippen LogP contribution in [0.5, 0.6) is 0 Å². The van der Waals surface area contributed by atoms with Crippen LogP contribution in [-0.2, 0) is 5.41 Å². The summed E-state index contributed by atoms with van der Waals surface area (Å²) in [5.74, 6) is 1.45. The molecule has 0 unspecified atom stereocenters. The number of rotatable bonds is 5. The van der Waals surface area contributed by atoms with Crippen LogP contribution in [0.2, 0.25) is 0 Å². The van der Waals surface area contributed by atoms with Crippen molar-refractivity contribution in [2.24, 2.45) is 0 Å². The van der Waals surface area contributed by atoms with Crippen LogP contribution in [0.15, 0.2) is 91.0 Å². The highest BCUT2D eigenvalue weighted by atomic mass is 15.1. The fourth-order valence-electron chi connectivity index (χ4n) is 7.96. The fourth-order valence-corrected chi connectivity index (χ4v) is 7.96. The van der Waals surface area contributed by atoms with Crippen molar-refractivity contribution >= 4 is 17.1 Å². The molecule has 0 aromatic heterocycles. The van der Waals surface area contributed by atoms with Crippen molar-refractivity contribution in [1.82, 2.24) is 0 Å². The second-order valence-corrected chi connectivity index (χ2v) is 13.1. The molecule has 0 aliphatic heterocycles. The SMILES string of the molecule is CC1(C)c2ccccc2-c2cc(N(c3ccc(C4CCCCC4)cc3)c3ccc(C4CCCCC4)cc3)ccc21. The van der Waals surface area contributed by atoms with Crippen LogP contribution >= 0.6 is 0 Å². The Morgan fingerprint density at radius 3 is 1.52 bits per heavy atom. The lowest BCUT2D eigenvalue weighted by Crippen LogP contribution is -2.15. The molecule has 0 amide bonds. The molecule has 0 bridgehead atoms. The van der Waals surface area contributed by atoms with Crippen molar-refractivity contribution in [3.8, 4) is 11.1 Å². The van der Waals surface area contributed by atoms with Crippen molar-refractivity contribution in [3.05, 3.63) is 113 Å². The zero-order chi connectivity index (χ0) is 27.1. The van der Waals surface area contributed by atoms with Gasteiger partial charge in [0, 0.05) is 22.5 Å². The molecular formula is C39H43N. The van der Waals surface area contributed by atoms with Crippen molar-refractivity contribution in [2.75, 3.05) is 4.90 Å². The van der Waals surface area contributed by atoms with Gasteiger partial charge in [0.25, 0.3) is 0 Å². The molecule has 0 N–H and O–H groups in total. The minimum absolute atomic E-state index is 0.0264. The summed E-state index contributed by atoms with van der Waals surface area (Å²) in [5, 5.41) is 0. The maximum atomic E-state index is 2.48. The van der Waals surface area contributed by atoms with E-state index in [-0.39, 0.29) is 5.41 Å². The molecule has 0 heterocycles. The van der Waals surface area contributed by atoms with Gasteiger partial charge in [-0.1, -0.05) is 107 Å². The van der Waals surface area contributed by atoms with E-state index >= 15 is 0 Å². The van der Waals surface area contributed by atoms with Gasteiger partial charge in [0.1, 0.15) is 0 Å². The Labute approximate surface area is 241 Å². The zero-order valence-corrected chi connectivity index (χ0v) is 24.3. The largest absolute Gasteiger partial charge is 0.310 e. The lowest BCUT2D eigenvalue weighted by molar-refractivity contribution is 0.443. The molecule has 3 aliphatic carbocycles. The predicted octanol–water partition coefficient (Wildman–Crippen LogP) is 11.6. The normalized spacial score (nSPS) is 18.8. The number of fused-ring (bicyclic) bond motifs is 3. The van der Waals surface area contributed by atoms with Gasteiger partial charge < -0.3 is 4.90 Å². The second kappa shape index (κ2) is 10.6. The third kappa shape index (κ3) is 4.58. The monoisotopic (exact) mass is 525 g/mol. The molecule has 0 radical (unpaired) electrons. The van der Waals surface area contributed by atoms with Crippen molar-refractivity contribution in [2.45, 2.75) is 95.3 Å². The van der Waals surface area contributed by atoms with E-state index in [4.69, 9.17) is 0 Å². The van der Waals surface area contributed by atoms with Crippen LogP contribution in [0.4, 0.5) is 17.1 Å². The molecule has 0 atom stereocenters. The van der Waals surface area contributed by atoms with Gasteiger partial charge in [-0.15, -0.1) is 0 Å². The first-order chi connectivity index (χ1) is 19.6. The van der Waals surface area contributed by atoms with Gasteiger partial charge in [0.15, 0.2) is 0 Å². The van der Waals surface area contributed by atoms with Crippen molar-refractivity contribution in [1.29, 1.82) is 0 Å². The predicted molar refractivity (Wildman–Crippen MR) is 170 cm³/mol. The Kier molecular flexibility index (Phi) is 6.78. The first kappa shape index (κ1) is 25.6. The quantitative estimate of drug-likeness (QED) is 0.250. The van der Waals surface area contributed by atoms with E-state index in [1.807, 2.05) is 0 Å².